The van der Waals surface area contributed by atoms with Crippen molar-refractivity contribution in [3.8, 4) is 5.75 Å². The van der Waals surface area contributed by atoms with Crippen LogP contribution >= 0.6 is 0 Å². The van der Waals surface area contributed by atoms with Crippen molar-refractivity contribution in [2.75, 3.05) is 6.54 Å². The lowest BCUT2D eigenvalue weighted by molar-refractivity contribution is 0.0946. The molecule has 1 N–H and O–H groups in total. The molecule has 1 amide bonds. The lowest BCUT2D eigenvalue weighted by atomic mass is 9.85. The summed E-state index contributed by atoms with van der Waals surface area (Å²) in [6.45, 7) is 0.925. The van der Waals surface area contributed by atoms with Crippen molar-refractivity contribution < 1.29 is 13.9 Å². The van der Waals surface area contributed by atoms with Crippen LogP contribution in [0.2, 0.25) is 0 Å². The van der Waals surface area contributed by atoms with E-state index in [9.17, 15) is 4.79 Å². The summed E-state index contributed by atoms with van der Waals surface area (Å²) >= 11 is 0. The third kappa shape index (κ3) is 2.45. The fourth-order valence-electron chi connectivity index (χ4n) is 2.78. The number of fused-ring (bicyclic) bond motifs is 1. The van der Waals surface area contributed by atoms with E-state index < -0.39 is 0 Å². The molecule has 1 aliphatic heterocycles. The lowest BCUT2D eigenvalue weighted by Gasteiger charge is -2.20. The third-order valence-electron chi connectivity index (χ3n) is 4.30. The number of benzene rings is 1. The number of carbonyl (C=O) groups excluding carboxylic acids is 1. The van der Waals surface area contributed by atoms with Crippen molar-refractivity contribution in [1.29, 1.82) is 0 Å². The molecule has 4 rings (SSSR count). The highest BCUT2D eigenvalue weighted by atomic mass is 16.5. The van der Waals surface area contributed by atoms with Crippen molar-refractivity contribution >= 4 is 5.91 Å². The molecule has 2 heterocycles. The van der Waals surface area contributed by atoms with Crippen molar-refractivity contribution in [3.05, 3.63) is 41.1 Å². The fraction of sp³-hybridized carbons (Fsp3) is 0.438. The Kier molecular flexibility index (Phi) is 3.29. The lowest BCUT2D eigenvalue weighted by Crippen LogP contribution is -2.31. The van der Waals surface area contributed by atoms with Gasteiger partial charge in [0.15, 0.2) is 6.61 Å². The summed E-state index contributed by atoms with van der Waals surface area (Å²) in [5, 5.41) is 10.9. The van der Waals surface area contributed by atoms with Crippen molar-refractivity contribution in [1.82, 2.24) is 15.5 Å². The van der Waals surface area contributed by atoms with E-state index in [1.54, 1.807) is 12.1 Å². The maximum atomic E-state index is 11.7. The third-order valence-corrected chi connectivity index (χ3v) is 4.30. The van der Waals surface area contributed by atoms with Gasteiger partial charge in [-0.25, -0.2) is 0 Å². The van der Waals surface area contributed by atoms with Gasteiger partial charge in [0.1, 0.15) is 5.75 Å². The summed E-state index contributed by atoms with van der Waals surface area (Å²) in [6.07, 6.45) is 4.33. The molecule has 0 atom stereocenters. The van der Waals surface area contributed by atoms with Gasteiger partial charge >= 0.3 is 0 Å². The summed E-state index contributed by atoms with van der Waals surface area (Å²) < 4.78 is 11.3. The molecule has 6 nitrogen and oxygen atoms in total. The molecule has 0 radical (unpaired) electrons. The van der Waals surface area contributed by atoms with Crippen LogP contribution in [0.5, 0.6) is 5.75 Å². The van der Waals surface area contributed by atoms with E-state index in [0.29, 0.717) is 18.4 Å². The maximum Gasteiger partial charge on any atom is 0.253 e. The van der Waals surface area contributed by atoms with Gasteiger partial charge < -0.3 is 14.5 Å². The van der Waals surface area contributed by atoms with Crippen LogP contribution in [-0.4, -0.2) is 22.6 Å². The van der Waals surface area contributed by atoms with Crippen LogP contribution in [0.15, 0.2) is 22.6 Å². The minimum absolute atomic E-state index is 0.0187. The Morgan fingerprint density at radius 3 is 3.05 bits per heavy atom. The van der Waals surface area contributed by atoms with Crippen LogP contribution in [0.25, 0.3) is 0 Å². The van der Waals surface area contributed by atoms with E-state index >= 15 is 0 Å². The number of aromatic nitrogens is 2. The molecule has 1 aliphatic carbocycles. The highest BCUT2D eigenvalue weighted by Crippen LogP contribution is 2.35. The van der Waals surface area contributed by atoms with E-state index in [1.807, 2.05) is 6.07 Å². The van der Waals surface area contributed by atoms with Crippen LogP contribution in [0, 0.1) is 0 Å². The molecular formula is C16H17N3O3. The van der Waals surface area contributed by atoms with Gasteiger partial charge in [0, 0.05) is 18.0 Å². The number of nitrogens with zero attached hydrogens (tertiary/aromatic N) is 2. The number of hydrogen-bond donors (Lipinski definition) is 1. The van der Waals surface area contributed by atoms with E-state index in [1.165, 1.54) is 6.42 Å². The first kappa shape index (κ1) is 13.3. The monoisotopic (exact) mass is 299 g/mol. The fourth-order valence-corrected chi connectivity index (χ4v) is 2.78. The molecule has 22 heavy (non-hydrogen) atoms. The van der Waals surface area contributed by atoms with Crippen molar-refractivity contribution in [2.45, 2.75) is 38.2 Å². The quantitative estimate of drug-likeness (QED) is 0.936. The largest absolute Gasteiger partial charge is 0.484 e. The first-order chi connectivity index (χ1) is 10.8. The van der Waals surface area contributed by atoms with Gasteiger partial charge in [-0.3, -0.25) is 4.79 Å². The number of carbonyl (C=O) groups is 1. The smallest absolute Gasteiger partial charge is 0.253 e. The number of amides is 1. The summed E-state index contributed by atoms with van der Waals surface area (Å²) in [5.41, 5.74) is 1.74. The zero-order valence-electron chi connectivity index (χ0n) is 12.2. The molecule has 2 aliphatic rings. The zero-order valence-corrected chi connectivity index (χ0v) is 12.2. The van der Waals surface area contributed by atoms with Gasteiger partial charge in [-0.15, -0.1) is 10.2 Å². The van der Waals surface area contributed by atoms with Gasteiger partial charge in [-0.1, -0.05) is 6.42 Å². The number of rotatable bonds is 4. The Hall–Kier alpha value is -2.37. The molecule has 1 aromatic carbocycles. The zero-order chi connectivity index (χ0) is 14.9. The van der Waals surface area contributed by atoms with E-state index in [0.717, 1.165) is 42.0 Å². The summed E-state index contributed by atoms with van der Waals surface area (Å²) in [5.74, 6) is 2.36. The average molecular weight is 299 g/mol. The van der Waals surface area contributed by atoms with Crippen LogP contribution in [0.3, 0.4) is 0 Å². The topological polar surface area (TPSA) is 77.2 Å². The molecule has 1 saturated carbocycles. The predicted octanol–water partition coefficient (Wildman–Crippen LogP) is 2.20. The van der Waals surface area contributed by atoms with E-state index in [4.69, 9.17) is 9.15 Å². The Bertz CT molecular complexity index is 706. The summed E-state index contributed by atoms with van der Waals surface area (Å²) in [4.78, 5) is 11.7. The summed E-state index contributed by atoms with van der Waals surface area (Å²) in [7, 11) is 0. The van der Waals surface area contributed by atoms with E-state index in [-0.39, 0.29) is 12.5 Å². The van der Waals surface area contributed by atoms with Crippen molar-refractivity contribution in [2.24, 2.45) is 0 Å². The second kappa shape index (κ2) is 5.44. The summed E-state index contributed by atoms with van der Waals surface area (Å²) in [6, 6.07) is 5.51. The normalized spacial score (nSPS) is 17.5. The van der Waals surface area contributed by atoms with E-state index in [2.05, 4.69) is 15.5 Å². The first-order valence-corrected chi connectivity index (χ1v) is 7.66. The van der Waals surface area contributed by atoms with Gasteiger partial charge in [-0.2, -0.15) is 0 Å². The molecule has 0 spiro atoms. The molecule has 0 saturated heterocycles. The Labute approximate surface area is 127 Å². The number of hydrogen-bond acceptors (Lipinski definition) is 5. The highest BCUT2D eigenvalue weighted by molar-refractivity contribution is 5.96. The Morgan fingerprint density at radius 2 is 2.23 bits per heavy atom. The van der Waals surface area contributed by atoms with Crippen LogP contribution in [0.4, 0.5) is 0 Å². The number of ether oxygens (including phenoxy) is 1. The molecular weight excluding hydrogens is 282 g/mol. The molecule has 1 fully saturated rings. The molecule has 2 aromatic rings. The minimum atomic E-state index is -0.0187. The number of nitrogens with one attached hydrogen (secondary N) is 1. The standard InChI is InChI=1S/C16H17N3O3/c20-15-13-5-4-12(8-11(13)6-7-17-15)21-9-14-18-19-16(22-14)10-2-1-3-10/h4-5,8,10H,1-3,6-7,9H2,(H,17,20). The first-order valence-electron chi connectivity index (χ1n) is 7.66. The van der Waals surface area contributed by atoms with Crippen LogP contribution < -0.4 is 10.1 Å². The van der Waals surface area contributed by atoms with Crippen LogP contribution in [-0.2, 0) is 13.0 Å². The Morgan fingerprint density at radius 1 is 1.32 bits per heavy atom. The molecule has 0 bridgehead atoms. The highest BCUT2D eigenvalue weighted by Gasteiger charge is 2.25. The molecule has 1 aromatic heterocycles. The molecule has 114 valence electrons. The minimum Gasteiger partial charge on any atom is -0.484 e. The second-order valence-corrected chi connectivity index (χ2v) is 5.78. The average Bonchev–Trinajstić information content (AvgIpc) is 2.92. The predicted molar refractivity (Wildman–Crippen MR) is 77.7 cm³/mol. The van der Waals surface area contributed by atoms with Gasteiger partial charge in [0.25, 0.3) is 11.8 Å². The van der Waals surface area contributed by atoms with Gasteiger partial charge in [-0.05, 0) is 43.0 Å². The second-order valence-electron chi connectivity index (χ2n) is 5.78. The SMILES string of the molecule is O=C1NCCc2cc(OCc3nnc(C4CCC4)o3)ccc21. The molecule has 0 unspecified atom stereocenters. The van der Waals surface area contributed by atoms with Crippen molar-refractivity contribution in [3.63, 3.8) is 0 Å². The van der Waals surface area contributed by atoms with Gasteiger partial charge in [0.05, 0.1) is 0 Å². The maximum absolute atomic E-state index is 11.7. The molecule has 6 heteroatoms. The van der Waals surface area contributed by atoms with Gasteiger partial charge in [0.2, 0.25) is 5.89 Å². The van der Waals surface area contributed by atoms with Crippen LogP contribution in [0.1, 0.15) is 52.9 Å². The Balaban J connectivity index is 1.43.